The topological polar surface area (TPSA) is 15.3 Å². The Labute approximate surface area is 116 Å². The summed E-state index contributed by atoms with van der Waals surface area (Å²) in [5.74, 6) is 1.62. The molecule has 4 rings (SSSR count). The van der Waals surface area contributed by atoms with E-state index in [0.717, 1.165) is 24.4 Å². The van der Waals surface area contributed by atoms with Gasteiger partial charge in [-0.3, -0.25) is 0 Å². The van der Waals surface area contributed by atoms with Gasteiger partial charge in [0.1, 0.15) is 0 Å². The summed E-state index contributed by atoms with van der Waals surface area (Å²) in [6, 6.07) is 7.71. The molecule has 2 fully saturated rings. The summed E-state index contributed by atoms with van der Waals surface area (Å²) >= 11 is 0. The molecule has 2 atom stereocenters. The first-order chi connectivity index (χ1) is 9.33. The monoisotopic (exact) mass is 256 g/mol. The number of rotatable bonds is 3. The predicted octanol–water partition coefficient (Wildman–Crippen LogP) is 3.56. The zero-order valence-corrected chi connectivity index (χ0v) is 11.9. The van der Waals surface area contributed by atoms with Crippen LogP contribution in [0.5, 0.6) is 0 Å². The van der Waals surface area contributed by atoms with E-state index in [1.807, 2.05) is 0 Å². The van der Waals surface area contributed by atoms with Crippen molar-refractivity contribution in [3.05, 3.63) is 29.3 Å². The maximum Gasteiger partial charge on any atom is 0.0379 e. The number of nitrogens with one attached hydrogen (secondary N) is 1. The first-order valence-electron chi connectivity index (χ1n) is 7.90. The Morgan fingerprint density at radius 3 is 2.89 bits per heavy atom. The highest BCUT2D eigenvalue weighted by atomic mass is 15.1. The van der Waals surface area contributed by atoms with Gasteiger partial charge in [0, 0.05) is 24.2 Å². The average molecular weight is 256 g/mol. The van der Waals surface area contributed by atoms with Crippen LogP contribution in [0.2, 0.25) is 0 Å². The number of likely N-dealkylation sites (tertiary alicyclic amines) is 1. The molecule has 2 nitrogen and oxygen atoms in total. The lowest BCUT2D eigenvalue weighted by Crippen LogP contribution is -2.27. The maximum atomic E-state index is 3.64. The van der Waals surface area contributed by atoms with Crippen molar-refractivity contribution >= 4 is 5.69 Å². The lowest BCUT2D eigenvalue weighted by atomic mass is 9.88. The van der Waals surface area contributed by atoms with Crippen molar-refractivity contribution in [1.29, 1.82) is 0 Å². The van der Waals surface area contributed by atoms with E-state index in [1.165, 1.54) is 44.3 Å². The lowest BCUT2D eigenvalue weighted by Gasteiger charge is -2.23. The summed E-state index contributed by atoms with van der Waals surface area (Å²) in [5, 5.41) is 3.64. The van der Waals surface area contributed by atoms with Gasteiger partial charge in [0.05, 0.1) is 0 Å². The molecule has 0 radical (unpaired) electrons. The smallest absolute Gasteiger partial charge is 0.0379 e. The molecule has 0 bridgehead atoms. The number of hydrogen-bond donors (Lipinski definition) is 1. The quantitative estimate of drug-likeness (QED) is 0.889. The van der Waals surface area contributed by atoms with Crippen LogP contribution < -0.4 is 5.32 Å². The SMILES string of the molecule is CN1CCC[C@@H]1C[C@@H]1CNc2cccc(C3CC3)c21. The number of benzene rings is 1. The van der Waals surface area contributed by atoms with E-state index in [0.29, 0.717) is 0 Å². The van der Waals surface area contributed by atoms with E-state index in [2.05, 4.69) is 35.5 Å². The highest BCUT2D eigenvalue weighted by Gasteiger charge is 2.34. The van der Waals surface area contributed by atoms with Crippen molar-refractivity contribution in [2.24, 2.45) is 0 Å². The third kappa shape index (κ3) is 2.06. The molecule has 1 aliphatic carbocycles. The summed E-state index contributed by atoms with van der Waals surface area (Å²) in [7, 11) is 2.30. The van der Waals surface area contributed by atoms with Crippen molar-refractivity contribution in [2.45, 2.75) is 50.0 Å². The number of fused-ring (bicyclic) bond motifs is 1. The molecule has 1 N–H and O–H groups in total. The Kier molecular flexibility index (Phi) is 2.80. The zero-order chi connectivity index (χ0) is 12.8. The van der Waals surface area contributed by atoms with Gasteiger partial charge in [-0.2, -0.15) is 0 Å². The number of hydrogen-bond acceptors (Lipinski definition) is 2. The average Bonchev–Trinajstić information content (AvgIpc) is 3.08. The minimum absolute atomic E-state index is 0.748. The third-order valence-corrected chi connectivity index (χ3v) is 5.33. The molecule has 0 aromatic heterocycles. The van der Waals surface area contributed by atoms with E-state index in [1.54, 1.807) is 11.1 Å². The molecule has 2 aliphatic heterocycles. The van der Waals surface area contributed by atoms with E-state index in [-0.39, 0.29) is 0 Å². The van der Waals surface area contributed by atoms with Crippen LogP contribution in [0.25, 0.3) is 0 Å². The zero-order valence-electron chi connectivity index (χ0n) is 11.9. The molecule has 0 amide bonds. The standard InChI is InChI=1S/C17H24N2/c1-19-9-3-4-14(19)10-13-11-18-16-6-2-5-15(17(13)16)12-7-8-12/h2,5-6,12-14,18H,3-4,7-11H2,1H3/t13-,14-/m1/s1. The first kappa shape index (κ1) is 11.8. The normalized spacial score (nSPS) is 30.4. The molecule has 1 aromatic rings. The van der Waals surface area contributed by atoms with Gasteiger partial charge < -0.3 is 10.2 Å². The highest BCUT2D eigenvalue weighted by molar-refractivity contribution is 5.62. The summed E-state index contributed by atoms with van der Waals surface area (Å²) < 4.78 is 0. The van der Waals surface area contributed by atoms with Gasteiger partial charge >= 0.3 is 0 Å². The maximum absolute atomic E-state index is 3.64. The van der Waals surface area contributed by atoms with Gasteiger partial charge in [-0.05, 0) is 68.8 Å². The first-order valence-corrected chi connectivity index (χ1v) is 7.90. The third-order valence-electron chi connectivity index (χ3n) is 5.33. The fourth-order valence-electron chi connectivity index (χ4n) is 4.09. The van der Waals surface area contributed by atoms with Crippen LogP contribution in [0.4, 0.5) is 5.69 Å². The fraction of sp³-hybridized carbons (Fsp3) is 0.647. The van der Waals surface area contributed by atoms with Gasteiger partial charge in [0.15, 0.2) is 0 Å². The van der Waals surface area contributed by atoms with Crippen LogP contribution >= 0.6 is 0 Å². The lowest BCUT2D eigenvalue weighted by molar-refractivity contribution is 0.285. The van der Waals surface area contributed by atoms with Gasteiger partial charge in [-0.1, -0.05) is 12.1 Å². The Balaban J connectivity index is 1.60. The second kappa shape index (κ2) is 4.52. The van der Waals surface area contributed by atoms with Crippen molar-refractivity contribution in [1.82, 2.24) is 4.90 Å². The fourth-order valence-corrected chi connectivity index (χ4v) is 4.09. The summed E-state index contributed by atoms with van der Waals surface area (Å²) in [4.78, 5) is 2.57. The van der Waals surface area contributed by atoms with Crippen molar-refractivity contribution in [3.8, 4) is 0 Å². The molecular weight excluding hydrogens is 232 g/mol. The van der Waals surface area contributed by atoms with Crippen LogP contribution in [-0.4, -0.2) is 31.1 Å². The van der Waals surface area contributed by atoms with Crippen molar-refractivity contribution in [2.75, 3.05) is 25.5 Å². The number of anilines is 1. The second-order valence-electron chi connectivity index (χ2n) is 6.67. The molecular formula is C17H24N2. The highest BCUT2D eigenvalue weighted by Crippen LogP contribution is 2.48. The van der Waals surface area contributed by atoms with Crippen LogP contribution in [0.1, 0.15) is 55.1 Å². The van der Waals surface area contributed by atoms with Gasteiger partial charge in [-0.25, -0.2) is 0 Å². The van der Waals surface area contributed by atoms with Crippen LogP contribution in [0.3, 0.4) is 0 Å². The Bertz CT molecular complexity index is 478. The van der Waals surface area contributed by atoms with E-state index >= 15 is 0 Å². The molecule has 1 saturated heterocycles. The van der Waals surface area contributed by atoms with E-state index < -0.39 is 0 Å². The molecule has 0 spiro atoms. The summed E-state index contributed by atoms with van der Waals surface area (Å²) in [6.07, 6.45) is 6.95. The minimum Gasteiger partial charge on any atom is -0.384 e. The molecule has 1 aromatic carbocycles. The minimum atomic E-state index is 0.748. The van der Waals surface area contributed by atoms with Gasteiger partial charge in [-0.15, -0.1) is 0 Å². The van der Waals surface area contributed by atoms with Crippen LogP contribution in [0, 0.1) is 0 Å². The number of nitrogens with zero attached hydrogens (tertiary/aromatic N) is 1. The predicted molar refractivity (Wildman–Crippen MR) is 79.9 cm³/mol. The molecule has 2 heteroatoms. The Morgan fingerprint density at radius 2 is 2.16 bits per heavy atom. The molecule has 19 heavy (non-hydrogen) atoms. The summed E-state index contributed by atoms with van der Waals surface area (Å²) in [5.41, 5.74) is 4.76. The molecule has 3 aliphatic rings. The Morgan fingerprint density at radius 1 is 1.26 bits per heavy atom. The van der Waals surface area contributed by atoms with E-state index in [9.17, 15) is 0 Å². The molecule has 1 saturated carbocycles. The second-order valence-corrected chi connectivity index (χ2v) is 6.67. The molecule has 2 heterocycles. The summed E-state index contributed by atoms with van der Waals surface area (Å²) in [6.45, 7) is 2.45. The van der Waals surface area contributed by atoms with Crippen LogP contribution in [-0.2, 0) is 0 Å². The largest absolute Gasteiger partial charge is 0.384 e. The molecule has 102 valence electrons. The van der Waals surface area contributed by atoms with Gasteiger partial charge in [0.2, 0.25) is 0 Å². The van der Waals surface area contributed by atoms with Crippen LogP contribution in [0.15, 0.2) is 18.2 Å². The van der Waals surface area contributed by atoms with Crippen molar-refractivity contribution in [3.63, 3.8) is 0 Å². The Hall–Kier alpha value is -1.02. The van der Waals surface area contributed by atoms with Gasteiger partial charge in [0.25, 0.3) is 0 Å². The van der Waals surface area contributed by atoms with Crippen molar-refractivity contribution < 1.29 is 0 Å². The molecule has 0 unspecified atom stereocenters. The van der Waals surface area contributed by atoms with E-state index in [4.69, 9.17) is 0 Å².